The van der Waals surface area contributed by atoms with Crippen LogP contribution in [0.5, 0.6) is 0 Å². The smallest absolute Gasteiger partial charge is 0.0503 e. The number of rotatable bonds is 2. The SMILES string of the molecule is CCCc1ncc(N)cc1C. The molecule has 11 heavy (non-hydrogen) atoms. The molecule has 60 valence electrons. The van der Waals surface area contributed by atoms with Gasteiger partial charge in [-0.25, -0.2) is 0 Å². The van der Waals surface area contributed by atoms with Crippen molar-refractivity contribution < 1.29 is 0 Å². The summed E-state index contributed by atoms with van der Waals surface area (Å²) < 4.78 is 0. The highest BCUT2D eigenvalue weighted by Gasteiger charge is 1.97. The van der Waals surface area contributed by atoms with Crippen molar-refractivity contribution in [2.75, 3.05) is 5.73 Å². The molecule has 0 saturated carbocycles. The van der Waals surface area contributed by atoms with Gasteiger partial charge in [0.15, 0.2) is 0 Å². The van der Waals surface area contributed by atoms with Crippen LogP contribution in [0.15, 0.2) is 12.3 Å². The van der Waals surface area contributed by atoms with E-state index in [2.05, 4.69) is 11.9 Å². The molecule has 0 bridgehead atoms. The fraction of sp³-hybridized carbons (Fsp3) is 0.444. The summed E-state index contributed by atoms with van der Waals surface area (Å²) in [7, 11) is 0. The number of hydrogen-bond acceptors (Lipinski definition) is 2. The van der Waals surface area contributed by atoms with Crippen molar-refractivity contribution in [1.29, 1.82) is 0 Å². The zero-order valence-corrected chi connectivity index (χ0v) is 7.09. The van der Waals surface area contributed by atoms with Crippen LogP contribution in [0.4, 0.5) is 5.69 Å². The third-order valence-electron chi connectivity index (χ3n) is 1.69. The summed E-state index contributed by atoms with van der Waals surface area (Å²) in [5, 5.41) is 0. The van der Waals surface area contributed by atoms with Gasteiger partial charge >= 0.3 is 0 Å². The van der Waals surface area contributed by atoms with Crippen LogP contribution in [-0.2, 0) is 6.42 Å². The maximum atomic E-state index is 5.56. The van der Waals surface area contributed by atoms with Crippen LogP contribution in [0, 0.1) is 6.92 Å². The largest absolute Gasteiger partial charge is 0.397 e. The first-order chi connectivity index (χ1) is 5.24. The summed E-state index contributed by atoms with van der Waals surface area (Å²) in [6, 6.07) is 1.97. The molecule has 0 saturated heterocycles. The van der Waals surface area contributed by atoms with Crippen LogP contribution >= 0.6 is 0 Å². The topological polar surface area (TPSA) is 38.9 Å². The van der Waals surface area contributed by atoms with E-state index >= 15 is 0 Å². The van der Waals surface area contributed by atoms with E-state index in [4.69, 9.17) is 5.73 Å². The molecule has 1 aromatic heterocycles. The molecule has 2 heteroatoms. The van der Waals surface area contributed by atoms with E-state index in [0.29, 0.717) is 0 Å². The van der Waals surface area contributed by atoms with Gasteiger partial charge in [-0.2, -0.15) is 0 Å². The second kappa shape index (κ2) is 3.37. The molecule has 0 aliphatic carbocycles. The average molecular weight is 150 g/mol. The Morgan fingerprint density at radius 3 is 2.82 bits per heavy atom. The molecule has 0 aliphatic rings. The first-order valence-corrected chi connectivity index (χ1v) is 3.95. The molecule has 0 spiro atoms. The second-order valence-corrected chi connectivity index (χ2v) is 2.78. The fourth-order valence-electron chi connectivity index (χ4n) is 1.12. The highest BCUT2D eigenvalue weighted by molar-refractivity contribution is 5.39. The lowest BCUT2D eigenvalue weighted by molar-refractivity contribution is 0.872. The van der Waals surface area contributed by atoms with E-state index in [1.807, 2.05) is 13.0 Å². The van der Waals surface area contributed by atoms with Gasteiger partial charge in [0.2, 0.25) is 0 Å². The molecule has 2 N–H and O–H groups in total. The number of aromatic nitrogens is 1. The van der Waals surface area contributed by atoms with E-state index < -0.39 is 0 Å². The van der Waals surface area contributed by atoms with Gasteiger partial charge in [0.25, 0.3) is 0 Å². The zero-order valence-electron chi connectivity index (χ0n) is 7.09. The Balaban J connectivity index is 2.90. The van der Waals surface area contributed by atoms with Crippen LogP contribution in [0.2, 0.25) is 0 Å². The molecule has 0 fully saturated rings. The molecular weight excluding hydrogens is 136 g/mol. The fourth-order valence-corrected chi connectivity index (χ4v) is 1.12. The van der Waals surface area contributed by atoms with Gasteiger partial charge in [-0.05, 0) is 25.0 Å². The second-order valence-electron chi connectivity index (χ2n) is 2.78. The van der Waals surface area contributed by atoms with E-state index in [0.717, 1.165) is 18.5 Å². The predicted molar refractivity (Wildman–Crippen MR) is 47.4 cm³/mol. The summed E-state index contributed by atoms with van der Waals surface area (Å²) >= 11 is 0. The lowest BCUT2D eigenvalue weighted by Gasteiger charge is -2.02. The number of nitrogens with zero attached hydrogens (tertiary/aromatic N) is 1. The van der Waals surface area contributed by atoms with Gasteiger partial charge in [-0.15, -0.1) is 0 Å². The minimum absolute atomic E-state index is 0.752. The molecule has 0 radical (unpaired) electrons. The highest BCUT2D eigenvalue weighted by atomic mass is 14.7. The summed E-state index contributed by atoms with van der Waals surface area (Å²) in [5.41, 5.74) is 8.68. The third kappa shape index (κ3) is 1.93. The third-order valence-corrected chi connectivity index (χ3v) is 1.69. The van der Waals surface area contributed by atoms with E-state index in [1.165, 1.54) is 11.3 Å². The Kier molecular flexibility index (Phi) is 2.47. The number of aryl methyl sites for hydroxylation is 2. The summed E-state index contributed by atoms with van der Waals surface area (Å²) in [6.07, 6.45) is 3.90. The zero-order chi connectivity index (χ0) is 8.27. The average Bonchev–Trinajstić information content (AvgIpc) is 1.95. The summed E-state index contributed by atoms with van der Waals surface area (Å²) in [6.45, 7) is 4.20. The quantitative estimate of drug-likeness (QED) is 0.699. The highest BCUT2D eigenvalue weighted by Crippen LogP contribution is 2.10. The monoisotopic (exact) mass is 150 g/mol. The van der Waals surface area contributed by atoms with Crippen molar-refractivity contribution in [3.63, 3.8) is 0 Å². The minimum atomic E-state index is 0.752. The maximum absolute atomic E-state index is 5.56. The van der Waals surface area contributed by atoms with Crippen molar-refractivity contribution in [3.8, 4) is 0 Å². The molecular formula is C9H14N2. The van der Waals surface area contributed by atoms with Gasteiger partial charge in [0.05, 0.1) is 11.9 Å². The van der Waals surface area contributed by atoms with E-state index in [1.54, 1.807) is 6.20 Å². The van der Waals surface area contributed by atoms with Crippen molar-refractivity contribution in [1.82, 2.24) is 4.98 Å². The summed E-state index contributed by atoms with van der Waals surface area (Å²) in [4.78, 5) is 4.24. The molecule has 1 aromatic rings. The number of hydrogen-bond donors (Lipinski definition) is 1. The van der Waals surface area contributed by atoms with Gasteiger partial charge in [0, 0.05) is 5.69 Å². The molecule has 1 heterocycles. The van der Waals surface area contributed by atoms with Crippen LogP contribution < -0.4 is 5.73 Å². The van der Waals surface area contributed by atoms with E-state index in [-0.39, 0.29) is 0 Å². The molecule has 1 rings (SSSR count). The summed E-state index contributed by atoms with van der Waals surface area (Å²) in [5.74, 6) is 0. The van der Waals surface area contributed by atoms with E-state index in [9.17, 15) is 0 Å². The van der Waals surface area contributed by atoms with Crippen LogP contribution in [-0.4, -0.2) is 4.98 Å². The number of pyridine rings is 1. The first kappa shape index (κ1) is 8.05. The van der Waals surface area contributed by atoms with Gasteiger partial charge in [0.1, 0.15) is 0 Å². The molecule has 0 aromatic carbocycles. The molecule has 0 aliphatic heterocycles. The Morgan fingerprint density at radius 2 is 2.27 bits per heavy atom. The Hall–Kier alpha value is -1.05. The van der Waals surface area contributed by atoms with Crippen LogP contribution in [0.3, 0.4) is 0 Å². The van der Waals surface area contributed by atoms with Crippen molar-refractivity contribution in [2.45, 2.75) is 26.7 Å². The molecule has 0 atom stereocenters. The maximum Gasteiger partial charge on any atom is 0.0503 e. The van der Waals surface area contributed by atoms with Crippen LogP contribution in [0.1, 0.15) is 24.6 Å². The van der Waals surface area contributed by atoms with Gasteiger partial charge < -0.3 is 5.73 Å². The number of nitrogens with two attached hydrogens (primary N) is 1. The minimum Gasteiger partial charge on any atom is -0.397 e. The lowest BCUT2D eigenvalue weighted by atomic mass is 10.1. The Bertz CT molecular complexity index is 243. The van der Waals surface area contributed by atoms with Crippen molar-refractivity contribution in [3.05, 3.63) is 23.5 Å². The van der Waals surface area contributed by atoms with Crippen molar-refractivity contribution >= 4 is 5.69 Å². The molecule has 0 amide bonds. The normalized spacial score (nSPS) is 10.0. The van der Waals surface area contributed by atoms with Crippen molar-refractivity contribution in [2.24, 2.45) is 0 Å². The molecule has 2 nitrogen and oxygen atoms in total. The lowest BCUT2D eigenvalue weighted by Crippen LogP contribution is -1.95. The first-order valence-electron chi connectivity index (χ1n) is 3.95. The predicted octanol–water partition coefficient (Wildman–Crippen LogP) is 1.92. The molecule has 0 unspecified atom stereocenters. The standard InChI is InChI=1S/C9H14N2/c1-3-4-9-7(2)5-8(10)6-11-9/h5-6H,3-4,10H2,1-2H3. The van der Waals surface area contributed by atoms with Gasteiger partial charge in [-0.3, -0.25) is 4.98 Å². The Labute approximate surface area is 67.5 Å². The Morgan fingerprint density at radius 1 is 1.55 bits per heavy atom. The number of anilines is 1. The van der Waals surface area contributed by atoms with Crippen LogP contribution in [0.25, 0.3) is 0 Å². The number of nitrogen functional groups attached to an aromatic ring is 1. The van der Waals surface area contributed by atoms with Gasteiger partial charge in [-0.1, -0.05) is 13.3 Å².